The van der Waals surface area contributed by atoms with Crippen molar-refractivity contribution in [3.8, 4) is 0 Å². The number of pyridine rings is 1. The molecule has 2 aliphatic heterocycles. The molecular weight excluding hydrogens is 357 g/mol. The highest BCUT2D eigenvalue weighted by Gasteiger charge is 2.39. The molecule has 0 spiro atoms. The van der Waals surface area contributed by atoms with Gasteiger partial charge in [0.15, 0.2) is 0 Å². The smallest absolute Gasteiger partial charge is 0.354 e. The number of aromatic nitrogens is 1. The summed E-state index contributed by atoms with van der Waals surface area (Å²) < 4.78 is 38.0. The Hall–Kier alpha value is -1.83. The summed E-state index contributed by atoms with van der Waals surface area (Å²) in [5.41, 5.74) is -0.810. The van der Waals surface area contributed by atoms with E-state index in [1.807, 2.05) is 25.7 Å². The highest BCUT2D eigenvalue weighted by atomic mass is 19.4. The molecule has 1 N–H and O–H groups in total. The van der Waals surface area contributed by atoms with Crippen LogP contribution in [0.15, 0.2) is 18.3 Å². The van der Waals surface area contributed by atoms with E-state index in [-0.39, 0.29) is 17.5 Å². The van der Waals surface area contributed by atoms with Gasteiger partial charge in [0.05, 0.1) is 18.4 Å². The van der Waals surface area contributed by atoms with Gasteiger partial charge in [-0.2, -0.15) is 13.2 Å². The van der Waals surface area contributed by atoms with Crippen LogP contribution < -0.4 is 5.32 Å². The molecule has 150 valence electrons. The first kappa shape index (κ1) is 19.9. The number of carbonyl (C=O) groups is 1. The van der Waals surface area contributed by atoms with Crippen molar-refractivity contribution in [2.45, 2.75) is 64.8 Å². The molecule has 1 aromatic rings. The second-order valence-corrected chi connectivity index (χ2v) is 8.66. The Morgan fingerprint density at radius 1 is 1.22 bits per heavy atom. The van der Waals surface area contributed by atoms with Crippen molar-refractivity contribution in [1.82, 2.24) is 14.8 Å². The molecule has 2 atom stereocenters. The first-order valence-electron chi connectivity index (χ1n) is 9.36. The van der Waals surface area contributed by atoms with Gasteiger partial charge in [0.2, 0.25) is 5.91 Å². The van der Waals surface area contributed by atoms with Gasteiger partial charge in [0, 0.05) is 25.2 Å². The zero-order valence-electron chi connectivity index (χ0n) is 16.0. The molecule has 8 heteroatoms. The van der Waals surface area contributed by atoms with E-state index in [1.54, 1.807) is 0 Å². The highest BCUT2D eigenvalue weighted by molar-refractivity contribution is 5.76. The molecule has 1 aromatic heterocycles. The summed E-state index contributed by atoms with van der Waals surface area (Å²) in [6.07, 6.45) is -0.230. The van der Waals surface area contributed by atoms with Crippen LogP contribution in [-0.2, 0) is 11.0 Å². The number of nitrogens with one attached hydrogen (secondary N) is 1. The molecule has 3 heterocycles. The molecule has 5 nitrogen and oxygen atoms in total. The van der Waals surface area contributed by atoms with E-state index in [0.29, 0.717) is 24.9 Å². The number of nitrogens with zero attached hydrogens (tertiary/aromatic N) is 3. The van der Waals surface area contributed by atoms with E-state index in [2.05, 4.69) is 15.2 Å². The summed E-state index contributed by atoms with van der Waals surface area (Å²) in [6.45, 7) is 7.47. The quantitative estimate of drug-likeness (QED) is 0.858. The van der Waals surface area contributed by atoms with E-state index < -0.39 is 11.7 Å². The van der Waals surface area contributed by atoms with E-state index in [4.69, 9.17) is 0 Å². The fourth-order valence-electron chi connectivity index (χ4n) is 3.78. The maximum Gasteiger partial charge on any atom is 0.417 e. The van der Waals surface area contributed by atoms with Gasteiger partial charge < -0.3 is 10.2 Å². The van der Waals surface area contributed by atoms with Gasteiger partial charge in [-0.15, -0.1) is 0 Å². The lowest BCUT2D eigenvalue weighted by Crippen LogP contribution is -2.54. The molecule has 1 amide bonds. The monoisotopic (exact) mass is 384 g/mol. The molecule has 2 fully saturated rings. The lowest BCUT2D eigenvalue weighted by Gasteiger charge is -2.41. The summed E-state index contributed by atoms with van der Waals surface area (Å²) >= 11 is 0. The van der Waals surface area contributed by atoms with Crippen LogP contribution in [0.1, 0.15) is 52.0 Å². The number of rotatable bonds is 3. The molecule has 0 aromatic carbocycles. The van der Waals surface area contributed by atoms with Crippen molar-refractivity contribution in [1.29, 1.82) is 0 Å². The average Bonchev–Trinajstić information content (AvgIpc) is 2.95. The minimum Gasteiger partial charge on any atom is -0.354 e. The summed E-state index contributed by atoms with van der Waals surface area (Å²) in [5.74, 6) is 0.575. The van der Waals surface area contributed by atoms with Gasteiger partial charge in [-0.3, -0.25) is 9.69 Å². The molecule has 0 bridgehead atoms. The van der Waals surface area contributed by atoms with Crippen molar-refractivity contribution in [2.24, 2.45) is 5.41 Å². The van der Waals surface area contributed by atoms with Gasteiger partial charge in [-0.05, 0) is 36.8 Å². The largest absolute Gasteiger partial charge is 0.417 e. The number of alkyl halides is 3. The molecule has 27 heavy (non-hydrogen) atoms. The van der Waals surface area contributed by atoms with Crippen LogP contribution in [0.25, 0.3) is 0 Å². The third-order valence-corrected chi connectivity index (χ3v) is 5.15. The Labute approximate surface area is 157 Å². The third-order valence-electron chi connectivity index (χ3n) is 5.15. The normalized spacial score (nSPS) is 24.0. The van der Waals surface area contributed by atoms with Crippen LogP contribution in [0, 0.1) is 5.41 Å². The van der Waals surface area contributed by atoms with E-state index >= 15 is 0 Å². The minimum atomic E-state index is -4.38. The van der Waals surface area contributed by atoms with Crippen molar-refractivity contribution in [3.05, 3.63) is 23.9 Å². The molecule has 3 rings (SSSR count). The number of anilines is 1. The number of carbonyl (C=O) groups excluding carboxylic acids is 1. The van der Waals surface area contributed by atoms with Gasteiger partial charge >= 0.3 is 6.18 Å². The van der Waals surface area contributed by atoms with Gasteiger partial charge in [0.1, 0.15) is 5.82 Å². The van der Waals surface area contributed by atoms with Crippen LogP contribution in [-0.4, -0.2) is 46.1 Å². The first-order valence-corrected chi connectivity index (χ1v) is 9.36. The lowest BCUT2D eigenvalue weighted by molar-refractivity contribution is -0.138. The zero-order valence-corrected chi connectivity index (χ0v) is 16.0. The van der Waals surface area contributed by atoms with Crippen molar-refractivity contribution in [2.75, 3.05) is 18.5 Å². The van der Waals surface area contributed by atoms with Crippen LogP contribution in [0.5, 0.6) is 0 Å². The Morgan fingerprint density at radius 2 is 1.96 bits per heavy atom. The van der Waals surface area contributed by atoms with Crippen LogP contribution in [0.3, 0.4) is 0 Å². The number of halogens is 3. The molecule has 0 radical (unpaired) electrons. The van der Waals surface area contributed by atoms with Crippen molar-refractivity contribution >= 4 is 11.7 Å². The second kappa shape index (κ2) is 7.30. The van der Waals surface area contributed by atoms with Crippen molar-refractivity contribution < 1.29 is 18.0 Å². The first-order chi connectivity index (χ1) is 12.5. The molecule has 2 aliphatic rings. The van der Waals surface area contributed by atoms with Crippen LogP contribution in [0.2, 0.25) is 0 Å². The molecular formula is C19H27F3N4O. The van der Waals surface area contributed by atoms with Crippen LogP contribution >= 0.6 is 0 Å². The third kappa shape index (κ3) is 4.91. The predicted octanol–water partition coefficient (Wildman–Crippen LogP) is 3.93. The predicted molar refractivity (Wildman–Crippen MR) is 96.8 cm³/mol. The van der Waals surface area contributed by atoms with Gasteiger partial charge in [-0.25, -0.2) is 4.98 Å². The Kier molecular flexibility index (Phi) is 5.38. The zero-order chi connectivity index (χ0) is 19.8. The maximum atomic E-state index is 12.7. The molecule has 0 saturated carbocycles. The molecule has 2 saturated heterocycles. The number of amides is 1. The van der Waals surface area contributed by atoms with E-state index in [0.717, 1.165) is 38.1 Å². The lowest BCUT2D eigenvalue weighted by atomic mass is 9.91. The van der Waals surface area contributed by atoms with Crippen LogP contribution in [0.4, 0.5) is 19.0 Å². The van der Waals surface area contributed by atoms with Crippen molar-refractivity contribution in [3.63, 3.8) is 0 Å². The minimum absolute atomic E-state index is 0.0236. The summed E-state index contributed by atoms with van der Waals surface area (Å²) in [7, 11) is 0. The number of fused-ring (bicyclic) bond motifs is 1. The fourth-order valence-corrected chi connectivity index (χ4v) is 3.78. The fraction of sp³-hybridized carbons (Fsp3) is 0.684. The number of hydrogen-bond acceptors (Lipinski definition) is 4. The Morgan fingerprint density at radius 3 is 2.56 bits per heavy atom. The summed E-state index contributed by atoms with van der Waals surface area (Å²) in [4.78, 5) is 20.6. The van der Waals surface area contributed by atoms with E-state index in [1.165, 1.54) is 6.07 Å². The van der Waals surface area contributed by atoms with Gasteiger partial charge in [0.25, 0.3) is 0 Å². The summed E-state index contributed by atoms with van der Waals surface area (Å²) in [5, 5.41) is 3.24. The second-order valence-electron chi connectivity index (χ2n) is 8.66. The van der Waals surface area contributed by atoms with Gasteiger partial charge in [-0.1, -0.05) is 20.8 Å². The average molecular weight is 384 g/mol. The maximum absolute atomic E-state index is 12.7. The van der Waals surface area contributed by atoms with E-state index in [9.17, 15) is 18.0 Å². The molecule has 0 aliphatic carbocycles. The Bertz CT molecular complexity index is 669. The SMILES string of the molecule is CC(C)(C)CC(=O)N1CC[C@@H]2CC[C@@H](Nc3ccc(C(F)(F)F)cn3)N2C1. The number of hydrogen-bond donors (Lipinski definition) is 1. The standard InChI is InChI=1S/C19H27F3N4O/c1-18(2,3)10-17(27)25-9-8-14-5-7-16(26(14)12-25)24-15-6-4-13(11-23-15)19(20,21)22/h4,6,11,14,16H,5,7-10,12H2,1-3H3,(H,23,24)/t14-,16-/m0/s1. The molecule has 0 unspecified atom stereocenters. The topological polar surface area (TPSA) is 48.5 Å². The summed E-state index contributed by atoms with van der Waals surface area (Å²) in [6, 6.07) is 2.80. The highest BCUT2D eigenvalue weighted by Crippen LogP contribution is 2.32. The Balaban J connectivity index is 1.63.